The number of hydrogen-bond acceptors (Lipinski definition) is 7. The van der Waals surface area contributed by atoms with Crippen molar-refractivity contribution in [1.29, 1.82) is 0 Å². The number of nitro benzene ring substituents is 1. The van der Waals surface area contributed by atoms with Gasteiger partial charge < -0.3 is 9.73 Å². The van der Waals surface area contributed by atoms with Crippen molar-refractivity contribution < 1.29 is 14.1 Å². The van der Waals surface area contributed by atoms with Gasteiger partial charge in [0.05, 0.1) is 11.2 Å². The summed E-state index contributed by atoms with van der Waals surface area (Å²) >= 11 is 0. The highest BCUT2D eigenvalue weighted by Gasteiger charge is 2.18. The number of carbonyl (C=O) groups excluding carboxylic acids is 1. The molecule has 2 N–H and O–H groups in total. The minimum atomic E-state index is -0.547. The van der Waals surface area contributed by atoms with Crippen molar-refractivity contribution in [2.75, 3.05) is 5.32 Å². The van der Waals surface area contributed by atoms with Gasteiger partial charge in [-0.05, 0) is 38.1 Å². The minimum Gasteiger partial charge on any atom is -0.463 e. The molecule has 3 heterocycles. The van der Waals surface area contributed by atoms with Crippen LogP contribution in [0, 0.1) is 24.0 Å². The second-order valence-corrected chi connectivity index (χ2v) is 6.66. The summed E-state index contributed by atoms with van der Waals surface area (Å²) in [6, 6.07) is 10.1. The van der Waals surface area contributed by atoms with Gasteiger partial charge in [-0.15, -0.1) is 0 Å². The molecule has 0 unspecified atom stereocenters. The highest BCUT2D eigenvalue weighted by molar-refractivity contribution is 6.04. The van der Waals surface area contributed by atoms with E-state index in [2.05, 4.69) is 20.4 Å². The Kier molecular flexibility index (Phi) is 4.91. The van der Waals surface area contributed by atoms with Crippen LogP contribution in [-0.2, 0) is 0 Å². The van der Waals surface area contributed by atoms with Crippen LogP contribution in [0.4, 0.5) is 11.5 Å². The number of furan rings is 1. The second kappa shape index (κ2) is 7.71. The average molecular weight is 420 g/mol. The molecule has 0 spiro atoms. The molecule has 0 saturated heterocycles. The van der Waals surface area contributed by atoms with E-state index in [1.54, 1.807) is 32.0 Å². The molecule has 156 valence electrons. The first-order chi connectivity index (χ1) is 14.8. The Morgan fingerprint density at radius 3 is 2.58 bits per heavy atom. The van der Waals surface area contributed by atoms with Crippen LogP contribution < -0.4 is 10.9 Å². The highest BCUT2D eigenvalue weighted by Crippen LogP contribution is 2.24. The van der Waals surface area contributed by atoms with Gasteiger partial charge >= 0.3 is 0 Å². The van der Waals surface area contributed by atoms with Gasteiger partial charge in [-0.2, -0.15) is 9.78 Å². The van der Waals surface area contributed by atoms with Crippen molar-refractivity contribution in [3.05, 3.63) is 86.0 Å². The summed E-state index contributed by atoms with van der Waals surface area (Å²) in [5.74, 6) is 0.273. The molecule has 0 atom stereocenters. The van der Waals surface area contributed by atoms with Crippen LogP contribution in [-0.4, -0.2) is 30.6 Å². The standard InChI is InChI=1S/C20H16N6O5/c1-11-12(2)21-20(23-18(11)27)25-17(10-15(24-25)16-4-3-9-31-16)22-19(28)13-5-7-14(8-6-13)26(29)30/h3-10H,1-2H3,(H,22,28)(H,21,23,27). The number of carbonyl (C=O) groups is 1. The van der Waals surface area contributed by atoms with Gasteiger partial charge in [0.2, 0.25) is 5.95 Å². The third-order valence-electron chi connectivity index (χ3n) is 4.65. The molecule has 0 saturated carbocycles. The molecule has 31 heavy (non-hydrogen) atoms. The van der Waals surface area contributed by atoms with E-state index in [0.29, 0.717) is 22.7 Å². The molecule has 3 aromatic heterocycles. The van der Waals surface area contributed by atoms with E-state index < -0.39 is 10.8 Å². The SMILES string of the molecule is Cc1nc(-n2nc(-c3ccco3)cc2NC(=O)c2ccc([N+](=O)[O-])cc2)[nH]c(=O)c1C. The van der Waals surface area contributed by atoms with E-state index in [4.69, 9.17) is 4.42 Å². The van der Waals surface area contributed by atoms with Crippen LogP contribution in [0.5, 0.6) is 0 Å². The molecule has 0 aliphatic rings. The Balaban J connectivity index is 1.75. The largest absolute Gasteiger partial charge is 0.463 e. The maximum Gasteiger partial charge on any atom is 0.269 e. The van der Waals surface area contributed by atoms with E-state index in [1.807, 2.05) is 0 Å². The Labute approximate surface area is 174 Å². The van der Waals surface area contributed by atoms with Crippen molar-refractivity contribution in [3.8, 4) is 17.4 Å². The Morgan fingerprint density at radius 2 is 1.97 bits per heavy atom. The van der Waals surface area contributed by atoms with Crippen molar-refractivity contribution in [3.63, 3.8) is 0 Å². The molecule has 1 amide bonds. The van der Waals surface area contributed by atoms with Crippen LogP contribution in [0.2, 0.25) is 0 Å². The first kappa shape index (κ1) is 19.8. The molecule has 0 radical (unpaired) electrons. The van der Waals surface area contributed by atoms with Crippen LogP contribution in [0.25, 0.3) is 17.4 Å². The molecular weight excluding hydrogens is 404 g/mol. The van der Waals surface area contributed by atoms with Gasteiger partial charge in [-0.25, -0.2) is 4.98 Å². The Hall–Kier alpha value is -4.54. The van der Waals surface area contributed by atoms with Crippen LogP contribution in [0.1, 0.15) is 21.6 Å². The summed E-state index contributed by atoms with van der Waals surface area (Å²) in [7, 11) is 0. The first-order valence-corrected chi connectivity index (χ1v) is 9.11. The maximum absolute atomic E-state index is 12.7. The second-order valence-electron chi connectivity index (χ2n) is 6.66. The molecule has 11 nitrogen and oxygen atoms in total. The van der Waals surface area contributed by atoms with Gasteiger partial charge in [0.15, 0.2) is 5.76 Å². The van der Waals surface area contributed by atoms with E-state index in [1.165, 1.54) is 35.2 Å². The lowest BCUT2D eigenvalue weighted by Crippen LogP contribution is -2.20. The molecule has 4 aromatic rings. The number of non-ortho nitro benzene ring substituents is 1. The molecule has 1 aromatic carbocycles. The zero-order valence-corrected chi connectivity index (χ0v) is 16.4. The molecule has 0 aliphatic carbocycles. The number of anilines is 1. The van der Waals surface area contributed by atoms with Gasteiger partial charge in [0.25, 0.3) is 17.2 Å². The fourth-order valence-corrected chi connectivity index (χ4v) is 2.83. The van der Waals surface area contributed by atoms with Crippen LogP contribution in [0.3, 0.4) is 0 Å². The van der Waals surface area contributed by atoms with Gasteiger partial charge in [-0.3, -0.25) is 24.7 Å². The number of nitrogens with zero attached hydrogens (tertiary/aromatic N) is 4. The zero-order chi connectivity index (χ0) is 22.1. The van der Waals surface area contributed by atoms with Gasteiger partial charge in [-0.1, -0.05) is 0 Å². The minimum absolute atomic E-state index is 0.116. The monoisotopic (exact) mass is 420 g/mol. The Bertz CT molecular complexity index is 1340. The number of benzene rings is 1. The number of aromatic nitrogens is 4. The predicted molar refractivity (Wildman–Crippen MR) is 110 cm³/mol. The van der Waals surface area contributed by atoms with E-state index >= 15 is 0 Å². The topological polar surface area (TPSA) is 149 Å². The Morgan fingerprint density at radius 1 is 1.23 bits per heavy atom. The molecule has 11 heteroatoms. The molecule has 4 rings (SSSR count). The van der Waals surface area contributed by atoms with Gasteiger partial charge in [0, 0.05) is 35.0 Å². The molecule has 0 fully saturated rings. The lowest BCUT2D eigenvalue weighted by atomic mass is 10.2. The normalized spacial score (nSPS) is 10.8. The lowest BCUT2D eigenvalue weighted by molar-refractivity contribution is -0.384. The summed E-state index contributed by atoms with van der Waals surface area (Å²) in [4.78, 5) is 42.2. The summed E-state index contributed by atoms with van der Waals surface area (Å²) in [6.45, 7) is 3.35. The number of rotatable bonds is 5. The molecular formula is C20H16N6O5. The number of H-pyrrole nitrogens is 1. The number of aryl methyl sites for hydroxylation is 1. The summed E-state index contributed by atoms with van der Waals surface area (Å²) in [5, 5.41) is 17.9. The number of nitrogens with one attached hydrogen (secondary N) is 2. The maximum atomic E-state index is 12.7. The van der Waals surface area contributed by atoms with Crippen LogP contribution >= 0.6 is 0 Å². The quantitative estimate of drug-likeness (QED) is 0.372. The summed E-state index contributed by atoms with van der Waals surface area (Å²) in [6.07, 6.45) is 1.49. The predicted octanol–water partition coefficient (Wildman–Crippen LogP) is 2.99. The zero-order valence-electron chi connectivity index (χ0n) is 16.4. The first-order valence-electron chi connectivity index (χ1n) is 9.11. The van der Waals surface area contributed by atoms with E-state index in [-0.39, 0.29) is 28.6 Å². The fourth-order valence-electron chi connectivity index (χ4n) is 2.83. The van der Waals surface area contributed by atoms with E-state index in [9.17, 15) is 19.7 Å². The number of hydrogen-bond donors (Lipinski definition) is 2. The number of aromatic amines is 1. The number of nitro groups is 1. The van der Waals surface area contributed by atoms with Crippen molar-refractivity contribution in [1.82, 2.24) is 19.7 Å². The third kappa shape index (κ3) is 3.83. The van der Waals surface area contributed by atoms with Crippen LogP contribution in [0.15, 0.2) is 57.9 Å². The van der Waals surface area contributed by atoms with E-state index in [0.717, 1.165) is 0 Å². The lowest BCUT2D eigenvalue weighted by Gasteiger charge is -2.09. The fraction of sp³-hybridized carbons (Fsp3) is 0.100. The molecule has 0 bridgehead atoms. The number of amides is 1. The van der Waals surface area contributed by atoms with Crippen molar-refractivity contribution in [2.45, 2.75) is 13.8 Å². The third-order valence-corrected chi connectivity index (χ3v) is 4.65. The summed E-state index contributed by atoms with van der Waals surface area (Å²) < 4.78 is 6.66. The van der Waals surface area contributed by atoms with Gasteiger partial charge in [0.1, 0.15) is 11.5 Å². The van der Waals surface area contributed by atoms with Crippen molar-refractivity contribution in [2.24, 2.45) is 0 Å². The van der Waals surface area contributed by atoms with Crippen molar-refractivity contribution >= 4 is 17.4 Å². The average Bonchev–Trinajstić information content (AvgIpc) is 3.41. The molecule has 0 aliphatic heterocycles. The summed E-state index contributed by atoms with van der Waals surface area (Å²) in [5.41, 5.74) is 1.15. The smallest absolute Gasteiger partial charge is 0.269 e. The highest BCUT2D eigenvalue weighted by atomic mass is 16.6.